The number of anilines is 2. The molecule has 0 radical (unpaired) electrons. The predicted molar refractivity (Wildman–Crippen MR) is 93.2 cm³/mol. The summed E-state index contributed by atoms with van der Waals surface area (Å²) in [6, 6.07) is 5.60. The summed E-state index contributed by atoms with van der Waals surface area (Å²) in [4.78, 5) is 20.9. The molecule has 0 fully saturated rings. The fraction of sp³-hybridized carbons (Fsp3) is 0.294. The quantitative estimate of drug-likeness (QED) is 0.728. The van der Waals surface area contributed by atoms with Gasteiger partial charge in [0.15, 0.2) is 5.65 Å². The Kier molecular flexibility index (Phi) is 4.69. The van der Waals surface area contributed by atoms with Crippen LogP contribution in [-0.4, -0.2) is 31.5 Å². The number of rotatable bonds is 6. The third-order valence-electron chi connectivity index (χ3n) is 3.94. The number of carbonyl (C=O) groups excluding carboxylic acids is 1. The first kappa shape index (κ1) is 15.9. The minimum absolute atomic E-state index is 0.258. The van der Waals surface area contributed by atoms with Gasteiger partial charge in [-0.15, -0.1) is 0 Å². The Bertz CT molecular complexity index is 840. The van der Waals surface area contributed by atoms with Crippen LogP contribution in [0, 0.1) is 0 Å². The minimum Gasteiger partial charge on any atom is -0.381 e. The van der Waals surface area contributed by atoms with Crippen molar-refractivity contribution >= 4 is 22.9 Å². The van der Waals surface area contributed by atoms with Crippen molar-refractivity contribution in [3.63, 3.8) is 0 Å². The molecule has 24 heavy (non-hydrogen) atoms. The van der Waals surface area contributed by atoms with E-state index < -0.39 is 0 Å². The highest BCUT2D eigenvalue weighted by atomic mass is 16.2. The van der Waals surface area contributed by atoms with E-state index in [9.17, 15) is 4.79 Å². The van der Waals surface area contributed by atoms with E-state index in [1.807, 2.05) is 6.07 Å². The van der Waals surface area contributed by atoms with Gasteiger partial charge in [-0.1, -0.05) is 13.8 Å². The maximum atomic E-state index is 12.6. The third-order valence-corrected chi connectivity index (χ3v) is 3.94. The van der Waals surface area contributed by atoms with Gasteiger partial charge in [0.2, 0.25) is 0 Å². The molecule has 0 unspecified atom stereocenters. The van der Waals surface area contributed by atoms with Crippen molar-refractivity contribution < 1.29 is 4.79 Å². The lowest BCUT2D eigenvalue weighted by Crippen LogP contribution is -2.21. The molecule has 7 heteroatoms. The molecule has 0 atom stereocenters. The van der Waals surface area contributed by atoms with Gasteiger partial charge in [0, 0.05) is 24.5 Å². The fourth-order valence-electron chi connectivity index (χ4n) is 2.53. The summed E-state index contributed by atoms with van der Waals surface area (Å²) in [6.45, 7) is 4.26. The highest BCUT2D eigenvalue weighted by molar-refractivity contribution is 6.04. The van der Waals surface area contributed by atoms with Crippen LogP contribution in [0.1, 0.15) is 37.2 Å². The Morgan fingerprint density at radius 1 is 1.12 bits per heavy atom. The maximum absolute atomic E-state index is 12.6. The van der Waals surface area contributed by atoms with E-state index in [1.54, 1.807) is 36.9 Å². The van der Waals surface area contributed by atoms with Crippen LogP contribution < -0.4 is 10.6 Å². The maximum Gasteiger partial charge on any atom is 0.274 e. The molecule has 0 saturated carbocycles. The largest absolute Gasteiger partial charge is 0.381 e. The van der Waals surface area contributed by atoms with E-state index in [0.717, 1.165) is 18.5 Å². The fourth-order valence-corrected chi connectivity index (χ4v) is 2.53. The molecule has 0 aliphatic heterocycles. The van der Waals surface area contributed by atoms with E-state index in [-0.39, 0.29) is 5.91 Å². The highest BCUT2D eigenvalue weighted by Gasteiger charge is 2.14. The molecule has 3 aromatic heterocycles. The van der Waals surface area contributed by atoms with Gasteiger partial charge in [-0.3, -0.25) is 9.78 Å². The Morgan fingerprint density at radius 2 is 1.96 bits per heavy atom. The molecule has 0 aliphatic rings. The summed E-state index contributed by atoms with van der Waals surface area (Å²) < 4.78 is 1.51. The van der Waals surface area contributed by atoms with Crippen LogP contribution in [0.2, 0.25) is 0 Å². The second-order valence-corrected chi connectivity index (χ2v) is 5.46. The van der Waals surface area contributed by atoms with Crippen molar-refractivity contribution in [2.75, 3.05) is 10.6 Å². The van der Waals surface area contributed by atoms with Crippen molar-refractivity contribution in [2.24, 2.45) is 0 Å². The van der Waals surface area contributed by atoms with Crippen molar-refractivity contribution in [3.05, 3.63) is 48.7 Å². The predicted octanol–water partition coefficient (Wildman–Crippen LogP) is 2.98. The normalized spacial score (nSPS) is 11.0. The lowest BCUT2D eigenvalue weighted by molar-refractivity contribution is 0.102. The number of nitrogens with one attached hydrogen (secondary N) is 2. The van der Waals surface area contributed by atoms with Crippen LogP contribution in [-0.2, 0) is 0 Å². The number of amides is 1. The van der Waals surface area contributed by atoms with Crippen LogP contribution >= 0.6 is 0 Å². The zero-order valence-corrected chi connectivity index (χ0v) is 13.7. The first-order valence-electron chi connectivity index (χ1n) is 8.03. The Morgan fingerprint density at radius 3 is 2.75 bits per heavy atom. The smallest absolute Gasteiger partial charge is 0.274 e. The molecule has 0 bridgehead atoms. The molecule has 0 saturated heterocycles. The average molecular weight is 324 g/mol. The Labute approximate surface area is 140 Å². The van der Waals surface area contributed by atoms with Crippen molar-refractivity contribution in [1.29, 1.82) is 0 Å². The van der Waals surface area contributed by atoms with Gasteiger partial charge < -0.3 is 10.6 Å². The second kappa shape index (κ2) is 7.08. The standard InChI is InChI=1S/C17H20N6O/c1-3-12(4-2)21-13-5-8-18-11-14(13)22-17(24)15-6-9-19-16-7-10-20-23(15)16/h5-12H,3-4H2,1-2H3,(H,18,21)(H,22,24). The molecule has 0 spiro atoms. The lowest BCUT2D eigenvalue weighted by Gasteiger charge is -2.19. The van der Waals surface area contributed by atoms with Crippen LogP contribution in [0.3, 0.4) is 0 Å². The zero-order chi connectivity index (χ0) is 16.9. The molecule has 124 valence electrons. The number of hydrogen-bond acceptors (Lipinski definition) is 5. The summed E-state index contributed by atoms with van der Waals surface area (Å²) >= 11 is 0. The van der Waals surface area contributed by atoms with Crippen LogP contribution in [0.4, 0.5) is 11.4 Å². The molecule has 3 heterocycles. The first-order chi connectivity index (χ1) is 11.7. The average Bonchev–Trinajstić information content (AvgIpc) is 3.09. The Hall–Kier alpha value is -2.96. The van der Waals surface area contributed by atoms with Crippen molar-refractivity contribution in [1.82, 2.24) is 19.6 Å². The van der Waals surface area contributed by atoms with Gasteiger partial charge in [-0.2, -0.15) is 5.10 Å². The van der Waals surface area contributed by atoms with Crippen LogP contribution in [0.5, 0.6) is 0 Å². The van der Waals surface area contributed by atoms with E-state index in [4.69, 9.17) is 0 Å². The molecule has 1 amide bonds. The summed E-state index contributed by atoms with van der Waals surface area (Å²) in [6.07, 6.45) is 8.57. The zero-order valence-electron chi connectivity index (χ0n) is 13.7. The van der Waals surface area contributed by atoms with Gasteiger partial charge in [0.05, 0.1) is 23.8 Å². The SMILES string of the molecule is CCC(CC)Nc1ccncc1NC(=O)c1ccnc2ccnn12. The molecular weight excluding hydrogens is 304 g/mol. The van der Waals surface area contributed by atoms with Crippen LogP contribution in [0.15, 0.2) is 43.0 Å². The summed E-state index contributed by atoms with van der Waals surface area (Å²) in [7, 11) is 0. The summed E-state index contributed by atoms with van der Waals surface area (Å²) in [5.74, 6) is -0.258. The van der Waals surface area contributed by atoms with E-state index in [1.165, 1.54) is 4.52 Å². The molecule has 2 N–H and O–H groups in total. The van der Waals surface area contributed by atoms with Crippen molar-refractivity contribution in [2.45, 2.75) is 32.7 Å². The monoisotopic (exact) mass is 324 g/mol. The number of pyridine rings is 1. The first-order valence-corrected chi connectivity index (χ1v) is 8.03. The van der Waals surface area contributed by atoms with Gasteiger partial charge in [0.1, 0.15) is 5.69 Å². The number of carbonyl (C=O) groups is 1. The van der Waals surface area contributed by atoms with E-state index >= 15 is 0 Å². The number of hydrogen-bond donors (Lipinski definition) is 2. The second-order valence-electron chi connectivity index (χ2n) is 5.46. The number of fused-ring (bicyclic) bond motifs is 1. The van der Waals surface area contributed by atoms with Crippen molar-refractivity contribution in [3.8, 4) is 0 Å². The molecule has 7 nitrogen and oxygen atoms in total. The van der Waals surface area contributed by atoms with Gasteiger partial charge in [-0.25, -0.2) is 9.50 Å². The molecule has 0 aliphatic carbocycles. The minimum atomic E-state index is -0.258. The molecular formula is C17H20N6O. The topological polar surface area (TPSA) is 84.2 Å². The van der Waals surface area contributed by atoms with Crippen LogP contribution in [0.25, 0.3) is 5.65 Å². The molecule has 0 aromatic carbocycles. The molecule has 3 rings (SSSR count). The summed E-state index contributed by atoms with van der Waals surface area (Å²) in [5, 5.41) is 10.5. The molecule has 3 aromatic rings. The number of aromatic nitrogens is 4. The third kappa shape index (κ3) is 3.19. The highest BCUT2D eigenvalue weighted by Crippen LogP contribution is 2.22. The van der Waals surface area contributed by atoms with E-state index in [2.05, 4.69) is 39.5 Å². The van der Waals surface area contributed by atoms with E-state index in [0.29, 0.717) is 23.1 Å². The summed E-state index contributed by atoms with van der Waals surface area (Å²) in [5.41, 5.74) is 2.55. The van der Waals surface area contributed by atoms with Gasteiger partial charge in [-0.05, 0) is 25.0 Å². The van der Waals surface area contributed by atoms with Gasteiger partial charge >= 0.3 is 0 Å². The van der Waals surface area contributed by atoms with Gasteiger partial charge in [0.25, 0.3) is 5.91 Å². The Balaban J connectivity index is 1.86. The number of nitrogens with zero attached hydrogens (tertiary/aromatic N) is 4. The lowest BCUT2D eigenvalue weighted by atomic mass is 10.1.